The van der Waals surface area contributed by atoms with Crippen LogP contribution in [0.15, 0.2) is 203 Å². The molecule has 364 valence electrons. The van der Waals surface area contributed by atoms with E-state index in [-0.39, 0.29) is 15.7 Å². The van der Waals surface area contributed by atoms with Crippen molar-refractivity contribution in [3.8, 4) is 5.82 Å². The fraction of sp³-hybridized carbons (Fsp3) is 0. The molecule has 0 aliphatic heterocycles. The summed E-state index contributed by atoms with van der Waals surface area (Å²) in [6.07, 6.45) is 0. The van der Waals surface area contributed by atoms with E-state index >= 15 is 0 Å². The van der Waals surface area contributed by atoms with Gasteiger partial charge in [-0.2, -0.15) is 4.98 Å². The lowest BCUT2D eigenvalue weighted by Gasteiger charge is -2.10. The highest BCUT2D eigenvalue weighted by Crippen LogP contribution is 2.49. The van der Waals surface area contributed by atoms with Crippen LogP contribution in [0.5, 0.6) is 0 Å². The van der Waals surface area contributed by atoms with Gasteiger partial charge in [-0.25, -0.2) is 15.0 Å². The first-order chi connectivity index (χ1) is 37.9. The van der Waals surface area contributed by atoms with Crippen LogP contribution in [0.25, 0.3) is 155 Å². The molecular formula is C64H33Cl3N6O2S2. The molecule has 77 heavy (non-hydrogen) atoms. The Labute approximate surface area is 457 Å². The lowest BCUT2D eigenvalue weighted by atomic mass is 9.99. The number of H-pyrrole nitrogens is 1. The number of nitrogens with zero attached hydrogens (tertiary/aromatic N) is 5. The van der Waals surface area contributed by atoms with Gasteiger partial charge < -0.3 is 13.8 Å². The zero-order chi connectivity index (χ0) is 51.0. The SMILES string of the molecule is Clc1nc(-n2c3ccccc3c3c4ccccc4c4c5ccccc5sc4c32)c2oc3ccccc3c2n1.Clc1nc(Cl)c2oc3ccccc3c2n1.c1ccc2c(c1)[nH]c1c3sc4ccccc4c3c3ccccc3c21. The molecule has 10 aromatic carbocycles. The lowest BCUT2D eigenvalue weighted by Crippen LogP contribution is -2.00. The number of fused-ring (bicyclic) bond motifs is 26. The van der Waals surface area contributed by atoms with Gasteiger partial charge in [0.15, 0.2) is 22.1 Å². The third kappa shape index (κ3) is 6.70. The van der Waals surface area contributed by atoms with E-state index in [2.05, 4.69) is 170 Å². The summed E-state index contributed by atoms with van der Waals surface area (Å²) in [5.74, 6) is 0.649. The number of thiophene rings is 2. The van der Waals surface area contributed by atoms with Crippen LogP contribution >= 0.6 is 57.5 Å². The minimum absolute atomic E-state index is 0.124. The Morgan fingerprint density at radius 2 is 0.844 bits per heavy atom. The van der Waals surface area contributed by atoms with Gasteiger partial charge in [-0.05, 0) is 93.3 Å². The maximum Gasteiger partial charge on any atom is 0.225 e. The third-order valence-electron chi connectivity index (χ3n) is 14.7. The second-order valence-electron chi connectivity index (χ2n) is 18.8. The van der Waals surface area contributed by atoms with Gasteiger partial charge in [0.1, 0.15) is 22.2 Å². The van der Waals surface area contributed by atoms with Crippen molar-refractivity contribution in [1.29, 1.82) is 0 Å². The number of furan rings is 2. The smallest absolute Gasteiger partial charge is 0.225 e. The highest BCUT2D eigenvalue weighted by molar-refractivity contribution is 7.27. The van der Waals surface area contributed by atoms with Crippen LogP contribution < -0.4 is 0 Å². The summed E-state index contributed by atoms with van der Waals surface area (Å²) >= 11 is 21.9. The molecule has 8 aromatic heterocycles. The van der Waals surface area contributed by atoms with E-state index in [4.69, 9.17) is 48.6 Å². The number of rotatable bonds is 1. The molecule has 0 spiro atoms. The minimum atomic E-state index is 0.124. The van der Waals surface area contributed by atoms with Crippen molar-refractivity contribution >= 4 is 207 Å². The van der Waals surface area contributed by atoms with Crippen molar-refractivity contribution in [3.05, 3.63) is 210 Å². The van der Waals surface area contributed by atoms with Crippen LogP contribution in [0.2, 0.25) is 15.7 Å². The van der Waals surface area contributed by atoms with E-state index in [9.17, 15) is 0 Å². The molecule has 0 saturated carbocycles. The van der Waals surface area contributed by atoms with Crippen molar-refractivity contribution in [3.63, 3.8) is 0 Å². The molecule has 0 amide bonds. The van der Waals surface area contributed by atoms with Crippen molar-refractivity contribution in [2.24, 2.45) is 0 Å². The molecular weight excluding hydrogens is 1060 g/mol. The number of aromatic nitrogens is 6. The minimum Gasteiger partial charge on any atom is -0.451 e. The van der Waals surface area contributed by atoms with E-state index < -0.39 is 0 Å². The quantitative estimate of drug-likeness (QED) is 0.130. The summed E-state index contributed by atoms with van der Waals surface area (Å²) in [5.41, 5.74) is 8.60. The average molecular weight is 1090 g/mol. The second kappa shape index (κ2) is 17.2. The van der Waals surface area contributed by atoms with Gasteiger partial charge in [0, 0.05) is 68.8 Å². The van der Waals surface area contributed by atoms with Crippen LogP contribution in [0.4, 0.5) is 0 Å². The van der Waals surface area contributed by atoms with Crippen molar-refractivity contribution in [2.75, 3.05) is 0 Å². The van der Waals surface area contributed by atoms with Crippen LogP contribution in [-0.4, -0.2) is 29.5 Å². The molecule has 0 bridgehead atoms. The molecule has 0 saturated heterocycles. The largest absolute Gasteiger partial charge is 0.451 e. The number of hydrogen-bond acceptors (Lipinski definition) is 8. The van der Waals surface area contributed by atoms with E-state index in [0.717, 1.165) is 43.9 Å². The monoisotopic (exact) mass is 1090 g/mol. The average Bonchev–Trinajstić information content (AvgIpc) is 4.31. The highest BCUT2D eigenvalue weighted by atomic mass is 35.5. The Hall–Kier alpha value is -8.61. The van der Waals surface area contributed by atoms with Gasteiger partial charge in [-0.3, -0.25) is 4.57 Å². The number of para-hydroxylation sites is 4. The van der Waals surface area contributed by atoms with Crippen molar-refractivity contribution in [1.82, 2.24) is 29.5 Å². The van der Waals surface area contributed by atoms with Crippen molar-refractivity contribution in [2.45, 2.75) is 0 Å². The Balaban J connectivity index is 0.000000108. The number of aromatic amines is 1. The van der Waals surface area contributed by atoms with Crippen LogP contribution in [0, 0.1) is 0 Å². The Morgan fingerprint density at radius 3 is 1.49 bits per heavy atom. The third-order valence-corrected chi connectivity index (χ3v) is 17.6. The Morgan fingerprint density at radius 1 is 0.390 bits per heavy atom. The van der Waals surface area contributed by atoms with E-state index in [1.807, 2.05) is 71.2 Å². The maximum absolute atomic E-state index is 6.60. The highest BCUT2D eigenvalue weighted by Gasteiger charge is 2.26. The lowest BCUT2D eigenvalue weighted by molar-refractivity contribution is 0.662. The molecule has 8 heterocycles. The zero-order valence-electron chi connectivity index (χ0n) is 40.0. The van der Waals surface area contributed by atoms with Gasteiger partial charge in [-0.1, -0.05) is 157 Å². The first-order valence-electron chi connectivity index (χ1n) is 24.8. The molecule has 8 nitrogen and oxygen atoms in total. The number of halogens is 3. The van der Waals surface area contributed by atoms with Gasteiger partial charge >= 0.3 is 0 Å². The number of nitrogens with one attached hydrogen (secondary N) is 1. The summed E-state index contributed by atoms with van der Waals surface area (Å²) in [7, 11) is 0. The van der Waals surface area contributed by atoms with Gasteiger partial charge in [0.05, 0.1) is 25.9 Å². The maximum atomic E-state index is 6.60. The normalized spacial score (nSPS) is 12.1. The summed E-state index contributed by atoms with van der Waals surface area (Å²) in [4.78, 5) is 21.0. The van der Waals surface area contributed by atoms with E-state index in [1.54, 1.807) is 0 Å². The zero-order valence-corrected chi connectivity index (χ0v) is 43.9. The van der Waals surface area contributed by atoms with Crippen LogP contribution in [-0.2, 0) is 0 Å². The van der Waals surface area contributed by atoms with Gasteiger partial charge in [-0.15, -0.1) is 22.7 Å². The van der Waals surface area contributed by atoms with E-state index in [1.165, 1.54) is 89.1 Å². The fourth-order valence-electron chi connectivity index (χ4n) is 11.6. The van der Waals surface area contributed by atoms with E-state index in [0.29, 0.717) is 22.5 Å². The molecule has 0 atom stereocenters. The predicted molar refractivity (Wildman–Crippen MR) is 325 cm³/mol. The molecule has 0 fully saturated rings. The summed E-state index contributed by atoms with van der Waals surface area (Å²) in [5, 5.41) is 17.8. The second-order valence-corrected chi connectivity index (χ2v) is 22.0. The number of benzene rings is 10. The molecule has 0 radical (unpaired) electrons. The molecule has 0 aliphatic carbocycles. The summed E-state index contributed by atoms with van der Waals surface area (Å²) < 4.78 is 19.4. The van der Waals surface area contributed by atoms with Crippen LogP contribution in [0.1, 0.15) is 0 Å². The predicted octanol–water partition coefficient (Wildman–Crippen LogP) is 20.2. The van der Waals surface area contributed by atoms with Crippen molar-refractivity contribution < 1.29 is 8.83 Å². The Bertz CT molecular complexity index is 5390. The molecule has 0 unspecified atom stereocenters. The Kier molecular flexibility index (Phi) is 9.98. The molecule has 0 aliphatic rings. The standard InChI is InChI=1S/C32H16ClN3OS.C22H13NS.C10H4Cl2N2O/c33-32-34-27-20-12-4-7-15-23(20)37-29(27)31(35-32)36-22-14-6-3-11-19(22)25-17-9-1-2-10-18(17)26-21-13-5-8-16-24(21)38-30(26)28(25)36;1-2-8-14-13(7-1)19-15-9-3-5-11-17(15)23-21(19)22-20(14)16-10-4-6-12-18(16)24-22;11-9-8-7(13-10(12)14-9)5-3-1-2-4-6(5)15-8/h1-16H;1-12,23H;1-4H. The molecule has 18 aromatic rings. The summed E-state index contributed by atoms with van der Waals surface area (Å²) in [6, 6.07) is 67.5. The summed E-state index contributed by atoms with van der Waals surface area (Å²) in [6.45, 7) is 0. The molecule has 18 rings (SSSR count). The fourth-order valence-corrected chi connectivity index (χ4v) is 14.6. The van der Waals surface area contributed by atoms with Crippen LogP contribution in [0.3, 0.4) is 0 Å². The number of hydrogen-bond donors (Lipinski definition) is 1. The molecule has 13 heteroatoms. The first-order valence-corrected chi connectivity index (χ1v) is 27.5. The first kappa shape index (κ1) is 44.7. The topological polar surface area (TPSA) is 98.6 Å². The van der Waals surface area contributed by atoms with Gasteiger partial charge in [0.2, 0.25) is 10.6 Å². The van der Waals surface area contributed by atoms with Gasteiger partial charge in [0.25, 0.3) is 0 Å². The molecule has 1 N–H and O–H groups in total.